The molecule has 10 heteroatoms. The summed E-state index contributed by atoms with van der Waals surface area (Å²) in [5, 5.41) is 14.4. The highest BCUT2D eigenvalue weighted by Crippen LogP contribution is 2.37. The van der Waals surface area contributed by atoms with E-state index in [0.717, 1.165) is 55.0 Å². The summed E-state index contributed by atoms with van der Waals surface area (Å²) in [6, 6.07) is 5.97. The number of ether oxygens (including phenoxy) is 1. The molecule has 7 nitrogen and oxygen atoms in total. The van der Waals surface area contributed by atoms with Gasteiger partial charge in [0.1, 0.15) is 5.65 Å². The number of H-pyrrole nitrogens is 1. The number of rotatable bonds is 3. The minimum absolute atomic E-state index is 0.0123. The number of nitrogens with one attached hydrogen (secondary N) is 2. The van der Waals surface area contributed by atoms with Gasteiger partial charge in [0.15, 0.2) is 0 Å². The maximum absolute atomic E-state index is 13.4. The van der Waals surface area contributed by atoms with Gasteiger partial charge in [-0.05, 0) is 67.1 Å². The molecule has 36 heavy (non-hydrogen) atoms. The number of morpholine rings is 1. The lowest BCUT2D eigenvalue weighted by molar-refractivity contribution is -0.250. The van der Waals surface area contributed by atoms with Crippen LogP contribution in [0.25, 0.3) is 22.2 Å². The number of carbonyl (C=O) groups excluding carboxylic acids is 1. The van der Waals surface area contributed by atoms with Crippen molar-refractivity contribution in [2.45, 2.75) is 51.6 Å². The lowest BCUT2D eigenvalue weighted by atomic mass is 9.86. The zero-order valence-corrected chi connectivity index (χ0v) is 20.4. The Morgan fingerprint density at radius 3 is 2.69 bits per heavy atom. The van der Waals surface area contributed by atoms with Gasteiger partial charge in [0.05, 0.1) is 19.3 Å². The molecule has 1 aromatic carbocycles. The predicted octanol–water partition coefficient (Wildman–Crippen LogP) is 3.71. The van der Waals surface area contributed by atoms with E-state index in [4.69, 9.17) is 4.74 Å². The average Bonchev–Trinajstić information content (AvgIpc) is 3.15. The second-order valence-electron chi connectivity index (χ2n) is 9.83. The minimum Gasteiger partial charge on any atom is -0.378 e. The van der Waals surface area contributed by atoms with Crippen LogP contribution in [0, 0.1) is 13.8 Å². The molecule has 1 fully saturated rings. The van der Waals surface area contributed by atoms with E-state index in [1.165, 1.54) is 0 Å². The molecule has 2 aliphatic heterocycles. The largest absolute Gasteiger partial charge is 0.426 e. The van der Waals surface area contributed by atoms with Gasteiger partial charge in [0, 0.05) is 42.5 Å². The number of aryl methyl sites for hydroxylation is 2. The first kappa shape index (κ1) is 24.7. The Bertz CT molecular complexity index is 1330. The number of nitrogens with zero attached hydrogens (tertiary/aromatic N) is 2. The van der Waals surface area contributed by atoms with Crippen molar-refractivity contribution in [1.29, 1.82) is 0 Å². The molecule has 1 saturated heterocycles. The van der Waals surface area contributed by atoms with Crippen LogP contribution in [-0.4, -0.2) is 64.0 Å². The number of aromatic nitrogens is 2. The first-order chi connectivity index (χ1) is 17.0. The third-order valence-corrected chi connectivity index (χ3v) is 7.42. The van der Waals surface area contributed by atoms with Gasteiger partial charge < -0.3 is 25.0 Å². The molecule has 0 spiro atoms. The normalized spacial score (nSPS) is 20.3. The quantitative estimate of drug-likeness (QED) is 0.508. The molecule has 4 heterocycles. The van der Waals surface area contributed by atoms with Crippen LogP contribution in [0.3, 0.4) is 0 Å². The number of alkyl halides is 3. The predicted molar refractivity (Wildman–Crippen MR) is 128 cm³/mol. The van der Waals surface area contributed by atoms with Crippen molar-refractivity contribution < 1.29 is 27.8 Å². The third-order valence-electron chi connectivity index (χ3n) is 7.42. The van der Waals surface area contributed by atoms with Gasteiger partial charge in [0.2, 0.25) is 5.60 Å². The van der Waals surface area contributed by atoms with Crippen LogP contribution in [0.2, 0.25) is 0 Å². The number of benzene rings is 1. The number of hydrogen-bond donors (Lipinski definition) is 3. The molecule has 1 amide bonds. The Kier molecular flexibility index (Phi) is 6.09. The van der Waals surface area contributed by atoms with Gasteiger partial charge in [-0.2, -0.15) is 13.2 Å². The van der Waals surface area contributed by atoms with Crippen molar-refractivity contribution in [3.8, 4) is 11.1 Å². The summed E-state index contributed by atoms with van der Waals surface area (Å²) in [4.78, 5) is 21.7. The number of amides is 1. The van der Waals surface area contributed by atoms with Crippen LogP contribution >= 0.6 is 0 Å². The van der Waals surface area contributed by atoms with Crippen molar-refractivity contribution in [1.82, 2.24) is 20.2 Å². The highest BCUT2D eigenvalue weighted by Gasteiger charge is 2.57. The maximum Gasteiger partial charge on any atom is 0.426 e. The minimum atomic E-state index is -5.06. The Morgan fingerprint density at radius 2 is 2.00 bits per heavy atom. The van der Waals surface area contributed by atoms with Gasteiger partial charge >= 0.3 is 6.18 Å². The van der Waals surface area contributed by atoms with Gasteiger partial charge in [-0.1, -0.05) is 6.07 Å². The number of aromatic amines is 1. The van der Waals surface area contributed by atoms with Crippen molar-refractivity contribution in [3.63, 3.8) is 0 Å². The average molecular weight is 503 g/mol. The molecule has 3 N–H and O–H groups in total. The Balaban J connectivity index is 1.56. The summed E-state index contributed by atoms with van der Waals surface area (Å²) in [7, 11) is 0. The summed E-state index contributed by atoms with van der Waals surface area (Å²) in [5.74, 6) is -1.34. The number of fused-ring (bicyclic) bond motifs is 2. The molecule has 5 rings (SSSR count). The van der Waals surface area contributed by atoms with Gasteiger partial charge in [0.25, 0.3) is 5.91 Å². The Morgan fingerprint density at radius 1 is 1.22 bits per heavy atom. The lowest BCUT2D eigenvalue weighted by Crippen LogP contribution is -2.56. The van der Waals surface area contributed by atoms with E-state index in [1.807, 2.05) is 32.2 Å². The summed E-state index contributed by atoms with van der Waals surface area (Å²) >= 11 is 0. The topological polar surface area (TPSA) is 90.5 Å². The highest BCUT2D eigenvalue weighted by atomic mass is 19.4. The van der Waals surface area contributed by atoms with Crippen LogP contribution < -0.4 is 5.32 Å². The molecule has 2 atom stereocenters. The Hall–Kier alpha value is -2.95. The summed E-state index contributed by atoms with van der Waals surface area (Å²) in [6.45, 7) is 6.27. The van der Waals surface area contributed by atoms with E-state index in [0.29, 0.717) is 33.1 Å². The fraction of sp³-hybridized carbons (Fsp3) is 0.462. The molecule has 0 bridgehead atoms. The molecule has 3 aromatic rings. The number of hydrogen-bond acceptors (Lipinski definition) is 5. The molecule has 2 aliphatic rings. The van der Waals surface area contributed by atoms with E-state index in [-0.39, 0.29) is 19.1 Å². The number of aliphatic hydroxyl groups is 1. The molecule has 0 radical (unpaired) electrons. The van der Waals surface area contributed by atoms with Crippen LogP contribution in [0.15, 0.2) is 24.4 Å². The second-order valence-corrected chi connectivity index (χ2v) is 9.83. The van der Waals surface area contributed by atoms with Crippen LogP contribution in [0.1, 0.15) is 40.9 Å². The van der Waals surface area contributed by atoms with E-state index in [9.17, 15) is 23.1 Å². The van der Waals surface area contributed by atoms with Gasteiger partial charge in [-0.25, -0.2) is 4.98 Å². The molecule has 2 aromatic heterocycles. The van der Waals surface area contributed by atoms with E-state index < -0.39 is 17.7 Å². The fourth-order valence-corrected chi connectivity index (χ4v) is 5.02. The first-order valence-electron chi connectivity index (χ1n) is 12.0. The monoisotopic (exact) mass is 502 g/mol. The third kappa shape index (κ3) is 4.16. The molecule has 0 saturated carbocycles. The molecular formula is C26H29F3N4O3. The maximum atomic E-state index is 13.4. The molecule has 192 valence electrons. The van der Waals surface area contributed by atoms with E-state index >= 15 is 0 Å². The van der Waals surface area contributed by atoms with Crippen molar-refractivity contribution >= 4 is 16.9 Å². The molecule has 1 unspecified atom stereocenters. The zero-order valence-electron chi connectivity index (χ0n) is 20.4. The summed E-state index contributed by atoms with van der Waals surface area (Å²) < 4.78 is 45.7. The SMILES string of the molecule is Cc1[nH]c2ncc(-c3cc4c(c(C5COCCN5)c3)CN(C(=O)[C@](C)(O)C(F)(F)F)CC4)cc2c1C. The number of halogens is 3. The number of pyridine rings is 1. The second kappa shape index (κ2) is 8.86. The Labute approximate surface area is 206 Å². The van der Waals surface area contributed by atoms with E-state index in [2.05, 4.69) is 21.4 Å². The number of carbonyl (C=O) groups is 1. The smallest absolute Gasteiger partial charge is 0.378 e. The fourth-order valence-electron chi connectivity index (χ4n) is 5.02. The first-order valence-corrected chi connectivity index (χ1v) is 12.0. The van der Waals surface area contributed by atoms with Crippen LogP contribution in [-0.2, 0) is 22.5 Å². The zero-order chi connectivity index (χ0) is 25.8. The van der Waals surface area contributed by atoms with Crippen molar-refractivity contribution in [2.24, 2.45) is 0 Å². The van der Waals surface area contributed by atoms with Crippen LogP contribution in [0.4, 0.5) is 13.2 Å². The van der Waals surface area contributed by atoms with Gasteiger partial charge in [-0.15, -0.1) is 0 Å². The van der Waals surface area contributed by atoms with Crippen LogP contribution in [0.5, 0.6) is 0 Å². The molecular weight excluding hydrogens is 473 g/mol. The summed E-state index contributed by atoms with van der Waals surface area (Å²) in [6.07, 6.45) is -2.87. The van der Waals surface area contributed by atoms with Crippen molar-refractivity contribution in [3.05, 3.63) is 52.3 Å². The van der Waals surface area contributed by atoms with Crippen molar-refractivity contribution in [2.75, 3.05) is 26.3 Å². The molecule has 0 aliphatic carbocycles. The summed E-state index contributed by atoms with van der Waals surface area (Å²) in [5.41, 5.74) is 4.09. The highest BCUT2D eigenvalue weighted by molar-refractivity contribution is 5.87. The van der Waals surface area contributed by atoms with Gasteiger partial charge in [-0.3, -0.25) is 4.79 Å². The lowest BCUT2D eigenvalue weighted by Gasteiger charge is -2.37. The van der Waals surface area contributed by atoms with E-state index in [1.54, 1.807) is 0 Å². The standard InChI is InChI=1S/C26H29F3N4O3/c1-14-15(2)32-23-19(14)10-18(11-31-23)17-8-16-4-6-33(24(34)25(3,35)26(27,28)29)12-21(16)20(9-17)22-13-36-7-5-30-22/h8-11,22,30,35H,4-7,12-13H2,1-3H3,(H,31,32)/t22?,25-/m0/s1.